The first-order valence-electron chi connectivity index (χ1n) is 7.61. The summed E-state index contributed by atoms with van der Waals surface area (Å²) in [7, 11) is 0. The van der Waals surface area contributed by atoms with Gasteiger partial charge < -0.3 is 9.80 Å². The van der Waals surface area contributed by atoms with Crippen LogP contribution in [0, 0.1) is 6.92 Å². The first kappa shape index (κ1) is 13.4. The molecular weight excluding hydrogens is 246 g/mol. The summed E-state index contributed by atoms with van der Waals surface area (Å²) in [5.74, 6) is 1.17. The second-order valence-electron chi connectivity index (χ2n) is 5.60. The maximum Gasteiger partial charge on any atom is 0.132 e. The maximum atomic E-state index is 4.90. The quantitative estimate of drug-likeness (QED) is 0.835. The summed E-state index contributed by atoms with van der Waals surface area (Å²) in [6.45, 7) is 10.1. The lowest BCUT2D eigenvalue weighted by molar-refractivity contribution is 0.310. The van der Waals surface area contributed by atoms with Crippen molar-refractivity contribution in [2.24, 2.45) is 0 Å². The Morgan fingerprint density at radius 2 is 1.95 bits per heavy atom. The number of likely N-dealkylation sites (N-methyl/N-ethyl adjacent to an activating group) is 1. The molecule has 0 atom stereocenters. The average molecular weight is 269 g/mol. The van der Waals surface area contributed by atoms with Gasteiger partial charge in [0.15, 0.2) is 0 Å². The van der Waals surface area contributed by atoms with Gasteiger partial charge in [0.25, 0.3) is 0 Å². The summed E-state index contributed by atoms with van der Waals surface area (Å²) in [4.78, 5) is 9.88. The number of nitrogens with zero attached hydrogens (tertiary/aromatic N) is 3. The van der Waals surface area contributed by atoms with Crippen molar-refractivity contribution in [1.82, 2.24) is 9.88 Å². The number of aromatic nitrogens is 1. The van der Waals surface area contributed by atoms with Crippen molar-refractivity contribution in [3.8, 4) is 0 Å². The number of rotatable bonds is 2. The van der Waals surface area contributed by atoms with Crippen LogP contribution < -0.4 is 4.90 Å². The third kappa shape index (κ3) is 2.63. The molecule has 1 aromatic carbocycles. The van der Waals surface area contributed by atoms with E-state index in [1.807, 2.05) is 0 Å². The molecule has 0 radical (unpaired) electrons. The van der Waals surface area contributed by atoms with E-state index in [-0.39, 0.29) is 0 Å². The van der Waals surface area contributed by atoms with Crippen molar-refractivity contribution in [3.63, 3.8) is 0 Å². The topological polar surface area (TPSA) is 19.4 Å². The zero-order valence-electron chi connectivity index (χ0n) is 12.5. The van der Waals surface area contributed by atoms with E-state index in [1.165, 1.54) is 29.7 Å². The van der Waals surface area contributed by atoms with Crippen molar-refractivity contribution in [3.05, 3.63) is 35.9 Å². The van der Waals surface area contributed by atoms with Crippen molar-refractivity contribution in [1.29, 1.82) is 0 Å². The summed E-state index contributed by atoms with van der Waals surface area (Å²) < 4.78 is 0. The minimum atomic E-state index is 1.08. The summed E-state index contributed by atoms with van der Waals surface area (Å²) in [5.41, 5.74) is 2.39. The Bertz CT molecular complexity index is 594. The van der Waals surface area contributed by atoms with E-state index in [9.17, 15) is 0 Å². The highest BCUT2D eigenvalue weighted by atomic mass is 15.2. The highest BCUT2D eigenvalue weighted by Gasteiger charge is 2.16. The largest absolute Gasteiger partial charge is 0.355 e. The van der Waals surface area contributed by atoms with Crippen LogP contribution in [0.15, 0.2) is 30.3 Å². The van der Waals surface area contributed by atoms with Gasteiger partial charge >= 0.3 is 0 Å². The van der Waals surface area contributed by atoms with Gasteiger partial charge in [-0.1, -0.05) is 25.1 Å². The van der Waals surface area contributed by atoms with E-state index in [4.69, 9.17) is 4.98 Å². The third-order valence-electron chi connectivity index (χ3n) is 4.22. The number of benzene rings is 1. The summed E-state index contributed by atoms with van der Waals surface area (Å²) in [6, 6.07) is 10.7. The Morgan fingerprint density at radius 1 is 1.10 bits per heavy atom. The number of para-hydroxylation sites is 1. The molecule has 0 aliphatic carbocycles. The predicted molar refractivity (Wildman–Crippen MR) is 85.4 cm³/mol. The number of hydrogen-bond donors (Lipinski definition) is 0. The van der Waals surface area contributed by atoms with Crippen molar-refractivity contribution < 1.29 is 0 Å². The molecular formula is C17H23N3. The van der Waals surface area contributed by atoms with Gasteiger partial charge in [-0.15, -0.1) is 0 Å². The van der Waals surface area contributed by atoms with Crippen LogP contribution in [-0.4, -0.2) is 42.6 Å². The van der Waals surface area contributed by atoms with Gasteiger partial charge in [0.05, 0.1) is 5.52 Å². The fourth-order valence-electron chi connectivity index (χ4n) is 3.03. The van der Waals surface area contributed by atoms with Crippen LogP contribution in [0.25, 0.3) is 10.9 Å². The number of fused-ring (bicyclic) bond motifs is 1. The van der Waals surface area contributed by atoms with E-state index in [0.717, 1.165) is 31.7 Å². The Kier molecular flexibility index (Phi) is 3.88. The smallest absolute Gasteiger partial charge is 0.132 e. The number of pyridine rings is 1. The Morgan fingerprint density at radius 3 is 2.80 bits per heavy atom. The molecule has 0 spiro atoms. The van der Waals surface area contributed by atoms with Crippen molar-refractivity contribution >= 4 is 16.7 Å². The van der Waals surface area contributed by atoms with Crippen molar-refractivity contribution in [2.75, 3.05) is 37.6 Å². The zero-order chi connectivity index (χ0) is 13.9. The molecule has 2 aromatic rings. The van der Waals surface area contributed by atoms with Crippen LogP contribution in [0.1, 0.15) is 18.9 Å². The molecule has 3 heteroatoms. The normalized spacial score (nSPS) is 17.4. The van der Waals surface area contributed by atoms with Gasteiger partial charge in [-0.3, -0.25) is 0 Å². The first-order valence-corrected chi connectivity index (χ1v) is 7.61. The van der Waals surface area contributed by atoms with Crippen molar-refractivity contribution in [2.45, 2.75) is 20.3 Å². The van der Waals surface area contributed by atoms with Crippen LogP contribution in [0.4, 0.5) is 5.82 Å². The third-order valence-corrected chi connectivity index (χ3v) is 4.22. The molecule has 0 unspecified atom stereocenters. The predicted octanol–water partition coefficient (Wildman–Crippen LogP) is 3.08. The average Bonchev–Trinajstić information content (AvgIpc) is 2.72. The van der Waals surface area contributed by atoms with Gasteiger partial charge in [0, 0.05) is 25.0 Å². The van der Waals surface area contributed by atoms with Crippen LogP contribution in [-0.2, 0) is 0 Å². The van der Waals surface area contributed by atoms with E-state index in [1.54, 1.807) is 0 Å². The molecule has 1 saturated heterocycles. The van der Waals surface area contributed by atoms with Gasteiger partial charge in [0.1, 0.15) is 5.82 Å². The van der Waals surface area contributed by atoms with Gasteiger partial charge in [-0.05, 0) is 44.1 Å². The molecule has 1 aliphatic heterocycles. The second kappa shape index (κ2) is 5.80. The molecule has 1 fully saturated rings. The fraction of sp³-hybridized carbons (Fsp3) is 0.471. The summed E-state index contributed by atoms with van der Waals surface area (Å²) >= 11 is 0. The lowest BCUT2D eigenvalue weighted by atomic mass is 10.1. The number of anilines is 1. The summed E-state index contributed by atoms with van der Waals surface area (Å²) in [5, 5.41) is 1.23. The molecule has 0 bridgehead atoms. The lowest BCUT2D eigenvalue weighted by Crippen LogP contribution is -2.31. The Balaban J connectivity index is 1.91. The fourth-order valence-corrected chi connectivity index (χ4v) is 3.03. The van der Waals surface area contributed by atoms with Crippen LogP contribution in [0.3, 0.4) is 0 Å². The van der Waals surface area contributed by atoms with Crippen LogP contribution >= 0.6 is 0 Å². The zero-order valence-corrected chi connectivity index (χ0v) is 12.5. The molecule has 106 valence electrons. The Labute approximate surface area is 121 Å². The first-order chi connectivity index (χ1) is 9.78. The minimum absolute atomic E-state index is 1.08. The molecule has 1 aliphatic rings. The minimum Gasteiger partial charge on any atom is -0.355 e. The summed E-state index contributed by atoms with van der Waals surface area (Å²) in [6.07, 6.45) is 1.22. The molecule has 0 N–H and O–H groups in total. The molecule has 3 nitrogen and oxygen atoms in total. The number of aryl methyl sites for hydroxylation is 1. The molecule has 2 heterocycles. The second-order valence-corrected chi connectivity index (χ2v) is 5.60. The molecule has 3 rings (SSSR count). The molecule has 20 heavy (non-hydrogen) atoms. The Hall–Kier alpha value is -1.61. The number of hydrogen-bond acceptors (Lipinski definition) is 3. The standard InChI is InChI=1S/C17H23N3/c1-3-19-9-6-10-20(12-11-19)17-14(2)13-15-7-4-5-8-16(15)18-17/h4-5,7-8,13H,3,6,9-12H2,1-2H3. The van der Waals surface area contributed by atoms with E-state index in [2.05, 4.69) is 54.0 Å². The highest BCUT2D eigenvalue weighted by Crippen LogP contribution is 2.23. The molecule has 1 aromatic heterocycles. The lowest BCUT2D eigenvalue weighted by Gasteiger charge is -2.24. The van der Waals surface area contributed by atoms with E-state index < -0.39 is 0 Å². The highest BCUT2D eigenvalue weighted by molar-refractivity contribution is 5.81. The maximum absolute atomic E-state index is 4.90. The molecule has 0 saturated carbocycles. The van der Waals surface area contributed by atoms with Crippen LogP contribution in [0.2, 0.25) is 0 Å². The monoisotopic (exact) mass is 269 g/mol. The molecule has 0 amide bonds. The van der Waals surface area contributed by atoms with E-state index in [0.29, 0.717) is 0 Å². The van der Waals surface area contributed by atoms with Crippen LogP contribution in [0.5, 0.6) is 0 Å². The van der Waals surface area contributed by atoms with E-state index >= 15 is 0 Å². The van der Waals surface area contributed by atoms with Gasteiger partial charge in [-0.2, -0.15) is 0 Å². The van der Waals surface area contributed by atoms with Gasteiger partial charge in [-0.25, -0.2) is 4.98 Å². The SMILES string of the molecule is CCN1CCCN(c2nc3ccccc3cc2C)CC1. The van der Waals surface area contributed by atoms with Gasteiger partial charge in [0.2, 0.25) is 0 Å².